The van der Waals surface area contributed by atoms with Gasteiger partial charge in [0.05, 0.1) is 28.6 Å². The van der Waals surface area contributed by atoms with Gasteiger partial charge in [-0.05, 0) is 166 Å². The highest BCUT2D eigenvalue weighted by Crippen LogP contribution is 2.42. The molecular weight excluding hydrogens is 1040 g/mol. The number of aliphatic hydroxyl groups excluding tert-OH is 1. The number of fused-ring (bicyclic) bond motifs is 5. The zero-order chi connectivity index (χ0) is 50.5. The van der Waals surface area contributed by atoms with Crippen LogP contribution in [-0.4, -0.2) is 54.4 Å². The molecule has 6 unspecified atom stereocenters. The highest BCUT2D eigenvalue weighted by molar-refractivity contribution is 8.93. The number of hydrogen-bond donors (Lipinski definition) is 4. The van der Waals surface area contributed by atoms with Crippen molar-refractivity contribution in [3.05, 3.63) is 177 Å². The number of carboxylic acids is 1. The average Bonchev–Trinajstić information content (AvgIpc) is 3.38. The summed E-state index contributed by atoms with van der Waals surface area (Å²) in [5, 5.41) is 27.2. The zero-order valence-corrected chi connectivity index (χ0v) is 46.8. The molecule has 0 saturated heterocycles. The Kier molecular flexibility index (Phi) is 25.4. The van der Waals surface area contributed by atoms with Crippen molar-refractivity contribution in [1.82, 2.24) is 0 Å². The largest absolute Gasteiger partial charge is 0.481 e. The lowest BCUT2D eigenvalue weighted by Crippen LogP contribution is -2.19. The molecule has 6 atom stereocenters. The number of aliphatic hydroxyl groups is 1. The molecule has 5 aromatic carbocycles. The molecule has 0 radical (unpaired) electrons. The zero-order valence-electron chi connectivity index (χ0n) is 41.8. The molecule has 0 bridgehead atoms. The van der Waals surface area contributed by atoms with Gasteiger partial charge in [-0.1, -0.05) is 133 Å². The van der Waals surface area contributed by atoms with Crippen LogP contribution in [0.15, 0.2) is 121 Å². The van der Waals surface area contributed by atoms with Gasteiger partial charge in [-0.15, -0.1) is 40.5 Å². The number of carbonyl (C=O) groups is 3. The van der Waals surface area contributed by atoms with E-state index < -0.39 is 16.8 Å². The first kappa shape index (κ1) is 58.9. The molecule has 386 valence electrons. The van der Waals surface area contributed by atoms with Crippen molar-refractivity contribution >= 4 is 85.8 Å². The minimum Gasteiger partial charge on any atom is -0.481 e. The molecule has 0 heterocycles. The number of carboxylic acid groups (broad SMARTS) is 1. The first-order chi connectivity index (χ1) is 34.4. The van der Waals surface area contributed by atoms with Crippen LogP contribution in [0.5, 0.6) is 0 Å². The lowest BCUT2D eigenvalue weighted by Gasteiger charge is -2.24. The van der Waals surface area contributed by atoms with Crippen molar-refractivity contribution in [3.63, 3.8) is 0 Å². The van der Waals surface area contributed by atoms with E-state index in [1.807, 2.05) is 36.4 Å². The van der Waals surface area contributed by atoms with Crippen LogP contribution in [0.2, 0.25) is 0 Å². The third-order valence-corrected chi connectivity index (χ3v) is 19.0. The maximum absolute atomic E-state index is 12.1. The van der Waals surface area contributed by atoms with Gasteiger partial charge in [-0.2, -0.15) is 0 Å². The number of thioether (sulfide) groups is 3. The molecule has 0 aliphatic heterocycles. The normalized spacial score (nSPS) is 20.3. The SMILES string of the molecule is Br.CC(=O)CS(=O)C1CCCc2ccccc21.CC(=O)CSC1CCCc2ccccc21.N=C(N)SC1CCCc2ccccc21.O=C(O)CSC1CCCc2ccccc21.OC1CCCc2ccccc21. The van der Waals surface area contributed by atoms with Crippen molar-refractivity contribution in [2.24, 2.45) is 5.73 Å². The fourth-order valence-corrected chi connectivity index (χ4v) is 14.9. The number of halogens is 1. The smallest absolute Gasteiger partial charge is 0.313 e. The molecule has 13 heteroatoms. The van der Waals surface area contributed by atoms with Crippen molar-refractivity contribution in [2.75, 3.05) is 17.3 Å². The van der Waals surface area contributed by atoms with Crippen LogP contribution in [0.3, 0.4) is 0 Å². The summed E-state index contributed by atoms with van der Waals surface area (Å²) in [4.78, 5) is 32.5. The maximum Gasteiger partial charge on any atom is 0.313 e. The number of nitrogens with two attached hydrogens (primary N) is 1. The van der Waals surface area contributed by atoms with Crippen LogP contribution in [0.25, 0.3) is 0 Å². The van der Waals surface area contributed by atoms with Gasteiger partial charge in [0, 0.05) is 26.5 Å². The van der Waals surface area contributed by atoms with E-state index in [-0.39, 0.29) is 56.6 Å². The monoisotopic (exact) mass is 1110 g/mol. The number of benzene rings is 5. The lowest BCUT2D eigenvalue weighted by atomic mass is 9.90. The summed E-state index contributed by atoms with van der Waals surface area (Å²) in [6.45, 7) is 3.17. The highest BCUT2D eigenvalue weighted by atomic mass is 79.9. The number of aryl methyl sites for hydroxylation is 5. The maximum atomic E-state index is 12.1. The molecule has 8 nitrogen and oxygen atoms in total. The molecular formula is C59H73BrN2O6S4. The molecule has 0 aromatic heterocycles. The quantitative estimate of drug-likeness (QED) is 0.0783. The molecule has 5 aliphatic rings. The van der Waals surface area contributed by atoms with E-state index in [2.05, 4.69) is 84.9 Å². The predicted octanol–water partition coefficient (Wildman–Crippen LogP) is 14.0. The fraction of sp³-hybridized carbons (Fsp3) is 0.424. The molecule has 0 saturated carbocycles. The Morgan fingerprint density at radius 2 is 0.903 bits per heavy atom. The van der Waals surface area contributed by atoms with Crippen LogP contribution in [0.1, 0.15) is 161 Å². The Morgan fingerprint density at radius 1 is 0.542 bits per heavy atom. The summed E-state index contributed by atoms with van der Waals surface area (Å²) < 4.78 is 12.1. The van der Waals surface area contributed by atoms with E-state index in [0.29, 0.717) is 21.5 Å². The fourth-order valence-electron chi connectivity index (χ4n) is 10.2. The second-order valence-electron chi connectivity index (χ2n) is 18.9. The average molecular weight is 1110 g/mol. The number of amidine groups is 1. The van der Waals surface area contributed by atoms with Crippen molar-refractivity contribution in [2.45, 2.75) is 137 Å². The Hall–Kier alpha value is -3.98. The molecule has 5 aromatic rings. The van der Waals surface area contributed by atoms with Gasteiger partial charge in [0.15, 0.2) is 5.17 Å². The van der Waals surface area contributed by atoms with Gasteiger partial charge in [-0.3, -0.25) is 24.0 Å². The van der Waals surface area contributed by atoms with E-state index in [1.54, 1.807) is 30.4 Å². The topological polar surface area (TPSA) is 159 Å². The van der Waals surface area contributed by atoms with E-state index in [4.69, 9.17) is 16.2 Å². The third-order valence-electron chi connectivity index (χ3n) is 13.4. The second-order valence-corrected chi connectivity index (χ2v) is 24.1. The summed E-state index contributed by atoms with van der Waals surface area (Å²) in [7, 11) is -1.05. The second kappa shape index (κ2) is 31.0. The van der Waals surface area contributed by atoms with Gasteiger partial charge in [0.25, 0.3) is 0 Å². The van der Waals surface area contributed by atoms with Crippen LogP contribution >= 0.6 is 52.3 Å². The molecule has 0 amide bonds. The van der Waals surface area contributed by atoms with E-state index in [1.165, 1.54) is 107 Å². The van der Waals surface area contributed by atoms with Gasteiger partial charge >= 0.3 is 5.97 Å². The van der Waals surface area contributed by atoms with Crippen LogP contribution in [0.4, 0.5) is 0 Å². The summed E-state index contributed by atoms with van der Waals surface area (Å²) in [6.07, 6.45) is 16.7. The van der Waals surface area contributed by atoms with Crippen molar-refractivity contribution < 1.29 is 28.8 Å². The van der Waals surface area contributed by atoms with E-state index in [9.17, 15) is 23.7 Å². The van der Waals surface area contributed by atoms with Gasteiger partial charge in [0.1, 0.15) is 11.6 Å². The Bertz CT molecular complexity index is 2500. The Labute approximate surface area is 454 Å². The van der Waals surface area contributed by atoms with Crippen LogP contribution in [-0.2, 0) is 57.3 Å². The summed E-state index contributed by atoms with van der Waals surface area (Å²) >= 11 is 4.83. The van der Waals surface area contributed by atoms with E-state index >= 15 is 0 Å². The number of aliphatic carboxylic acids is 1. The predicted molar refractivity (Wildman–Crippen MR) is 310 cm³/mol. The molecule has 72 heavy (non-hydrogen) atoms. The Balaban J connectivity index is 0.000000167. The minimum atomic E-state index is -1.05. The number of carbonyl (C=O) groups excluding carboxylic acids is 2. The van der Waals surface area contributed by atoms with Crippen LogP contribution < -0.4 is 5.73 Å². The third kappa shape index (κ3) is 18.4. The van der Waals surface area contributed by atoms with Crippen molar-refractivity contribution in [3.8, 4) is 0 Å². The van der Waals surface area contributed by atoms with Gasteiger partial charge < -0.3 is 15.9 Å². The first-order valence-electron chi connectivity index (χ1n) is 25.3. The van der Waals surface area contributed by atoms with Crippen LogP contribution in [0, 0.1) is 5.41 Å². The number of nitrogens with one attached hydrogen (secondary N) is 1. The minimum absolute atomic E-state index is 0. The number of ketones is 2. The van der Waals surface area contributed by atoms with Crippen molar-refractivity contribution in [1.29, 1.82) is 5.41 Å². The molecule has 5 aliphatic carbocycles. The number of hydrogen-bond acceptors (Lipinski definition) is 9. The standard InChI is InChI=1S/C13H16O2S.C13H16OS.C12H14O2S.C11H14N2S.C10H12O.BrH/c1-10(14)9-16(15)13-8-4-6-11-5-2-3-7-12(11)13;1-10(14)9-15-13-8-4-6-11-5-2-3-7-12(11)13;13-12(14)8-15-11-7-3-5-9-4-1-2-6-10(9)11;12-11(13)14-10-7-3-5-8-4-1-2-6-9(8)10;11-10-7-3-5-8-4-1-2-6-9(8)10;/h2-3,5,7,13H,4,6,8-9H2,1H3;2-3,5,7,13H,4,6,8-9H2,1H3;1-2,4,6,11H,3,5,7-8H2,(H,13,14);1-2,4,6,10H,3,5,7H2,(H3,12,13);1-2,4,6,10-11H,3,5,7H2;1H. The first-order valence-corrected chi connectivity index (χ1v) is 29.6. The number of Topliss-reactive ketones (excluding diaryl/α,β-unsaturated/α-hetero) is 2. The molecule has 5 N–H and O–H groups in total. The van der Waals surface area contributed by atoms with E-state index in [0.717, 1.165) is 63.4 Å². The summed E-state index contributed by atoms with van der Waals surface area (Å²) in [5.41, 5.74) is 18.8. The van der Waals surface area contributed by atoms with Gasteiger partial charge in [0.2, 0.25) is 0 Å². The summed E-state index contributed by atoms with van der Waals surface area (Å²) in [5.74, 6) is 0.629. The van der Waals surface area contributed by atoms with Gasteiger partial charge in [-0.25, -0.2) is 0 Å². The summed E-state index contributed by atoms with van der Waals surface area (Å²) in [6, 6.07) is 41.9. The molecule has 0 spiro atoms. The molecule has 10 rings (SSSR count). The molecule has 0 fully saturated rings. The highest BCUT2D eigenvalue weighted by Gasteiger charge is 2.26. The lowest BCUT2D eigenvalue weighted by molar-refractivity contribution is -0.134. The Morgan fingerprint density at radius 3 is 1.33 bits per heavy atom. The number of rotatable bonds is 10.